The molecule has 0 aliphatic carbocycles. The lowest BCUT2D eigenvalue weighted by Gasteiger charge is -2.31. The molecular weight excluding hydrogens is 371 g/mol. The van der Waals surface area contributed by atoms with E-state index in [1.54, 1.807) is 25.1 Å². The number of carbonyl (C=O) groups is 2. The van der Waals surface area contributed by atoms with Crippen LogP contribution in [0.1, 0.15) is 38.8 Å². The molecule has 0 spiro atoms. The van der Waals surface area contributed by atoms with Gasteiger partial charge in [0.1, 0.15) is 17.6 Å². The summed E-state index contributed by atoms with van der Waals surface area (Å²) in [7, 11) is 0. The van der Waals surface area contributed by atoms with Crippen LogP contribution in [-0.4, -0.2) is 34.9 Å². The minimum absolute atomic E-state index is 0.176. The van der Waals surface area contributed by atoms with Crippen molar-refractivity contribution in [3.63, 3.8) is 0 Å². The lowest BCUT2D eigenvalue weighted by atomic mass is 10.1. The summed E-state index contributed by atoms with van der Waals surface area (Å²) in [5, 5.41) is 2.90. The number of nitrogens with one attached hydrogen (secondary N) is 1. The summed E-state index contributed by atoms with van der Waals surface area (Å²) in [6, 6.07) is 12.6. The number of ether oxygens (including phenoxy) is 1. The van der Waals surface area contributed by atoms with Gasteiger partial charge in [-0.3, -0.25) is 9.59 Å². The first-order valence-electron chi connectivity index (χ1n) is 9.60. The van der Waals surface area contributed by atoms with Crippen molar-refractivity contribution in [1.29, 1.82) is 0 Å². The second kappa shape index (κ2) is 9.54. The molecule has 0 unspecified atom stereocenters. The van der Waals surface area contributed by atoms with Crippen molar-refractivity contribution in [2.45, 2.75) is 52.7 Å². The van der Waals surface area contributed by atoms with E-state index in [0.717, 1.165) is 11.1 Å². The Morgan fingerprint density at radius 3 is 2.38 bits per heavy atom. The molecule has 0 fully saturated rings. The Morgan fingerprint density at radius 1 is 1.14 bits per heavy atom. The van der Waals surface area contributed by atoms with E-state index in [9.17, 15) is 14.0 Å². The van der Waals surface area contributed by atoms with Crippen LogP contribution in [0.2, 0.25) is 0 Å². The van der Waals surface area contributed by atoms with Gasteiger partial charge in [-0.2, -0.15) is 0 Å². The van der Waals surface area contributed by atoms with E-state index >= 15 is 0 Å². The van der Waals surface area contributed by atoms with Crippen molar-refractivity contribution in [2.75, 3.05) is 6.61 Å². The molecule has 5 nitrogen and oxygen atoms in total. The molecule has 2 amide bonds. The molecule has 156 valence electrons. The molecule has 0 aliphatic rings. The van der Waals surface area contributed by atoms with Crippen molar-refractivity contribution in [1.82, 2.24) is 10.2 Å². The van der Waals surface area contributed by atoms with Gasteiger partial charge in [0.15, 0.2) is 6.61 Å². The molecule has 1 N–H and O–H groups in total. The largest absolute Gasteiger partial charge is 0.484 e. The molecule has 2 aromatic carbocycles. The van der Waals surface area contributed by atoms with Crippen molar-refractivity contribution >= 4 is 11.8 Å². The van der Waals surface area contributed by atoms with Gasteiger partial charge in [-0.25, -0.2) is 4.39 Å². The van der Waals surface area contributed by atoms with Crippen LogP contribution in [0.3, 0.4) is 0 Å². The van der Waals surface area contributed by atoms with Crippen molar-refractivity contribution in [3.05, 3.63) is 65.5 Å². The summed E-state index contributed by atoms with van der Waals surface area (Å²) >= 11 is 0. The van der Waals surface area contributed by atoms with Gasteiger partial charge in [0, 0.05) is 12.1 Å². The second-order valence-corrected chi connectivity index (χ2v) is 8.17. The Kier molecular flexibility index (Phi) is 7.37. The Balaban J connectivity index is 2.16. The van der Waals surface area contributed by atoms with Gasteiger partial charge in [-0.15, -0.1) is 0 Å². The van der Waals surface area contributed by atoms with Crippen molar-refractivity contribution in [2.24, 2.45) is 0 Å². The molecule has 0 aromatic heterocycles. The number of hydrogen-bond donors (Lipinski definition) is 1. The summed E-state index contributed by atoms with van der Waals surface area (Å²) in [6.07, 6.45) is 0. The zero-order valence-electron chi connectivity index (χ0n) is 17.7. The first kappa shape index (κ1) is 22.4. The zero-order valence-corrected chi connectivity index (χ0v) is 17.7. The normalized spacial score (nSPS) is 12.2. The SMILES string of the molecule is Cc1cccc(OCC(=O)N(Cc2ccc(F)cc2)[C@H](C)C(=O)NC(C)(C)C)c1. The fraction of sp³-hybridized carbons (Fsp3) is 0.391. The van der Waals surface area contributed by atoms with Gasteiger partial charge in [-0.05, 0) is 70.0 Å². The van der Waals surface area contributed by atoms with Gasteiger partial charge in [0.05, 0.1) is 0 Å². The molecule has 1 atom stereocenters. The summed E-state index contributed by atoms with van der Waals surface area (Å²) in [4.78, 5) is 27.0. The predicted octanol–water partition coefficient (Wildman–Crippen LogP) is 3.84. The Morgan fingerprint density at radius 2 is 1.79 bits per heavy atom. The van der Waals surface area contributed by atoms with Crippen LogP contribution < -0.4 is 10.1 Å². The molecule has 6 heteroatoms. The van der Waals surface area contributed by atoms with Crippen LogP contribution in [0, 0.1) is 12.7 Å². The first-order valence-corrected chi connectivity index (χ1v) is 9.60. The fourth-order valence-corrected chi connectivity index (χ4v) is 2.78. The Labute approximate surface area is 171 Å². The van der Waals surface area contributed by atoms with E-state index in [2.05, 4.69) is 5.32 Å². The first-order chi connectivity index (χ1) is 13.5. The standard InChI is InChI=1S/C23H29FN2O3/c1-16-7-6-8-20(13-16)29-15-21(27)26(14-18-9-11-19(24)12-10-18)17(2)22(28)25-23(3,4)5/h6-13,17H,14-15H2,1-5H3,(H,25,28)/t17-/m1/s1. The lowest BCUT2D eigenvalue weighted by Crippen LogP contribution is -2.53. The topological polar surface area (TPSA) is 58.6 Å². The molecule has 2 aromatic rings. The molecule has 0 bridgehead atoms. The third-order valence-corrected chi connectivity index (χ3v) is 4.28. The third-order valence-electron chi connectivity index (χ3n) is 4.28. The van der Waals surface area contributed by atoms with E-state index in [-0.39, 0.29) is 30.8 Å². The monoisotopic (exact) mass is 400 g/mol. The van der Waals surface area contributed by atoms with Gasteiger partial charge in [0.2, 0.25) is 5.91 Å². The van der Waals surface area contributed by atoms with Gasteiger partial charge in [0.25, 0.3) is 5.91 Å². The molecule has 0 aliphatic heterocycles. The smallest absolute Gasteiger partial charge is 0.261 e. The summed E-state index contributed by atoms with van der Waals surface area (Å²) in [5.74, 6) is -0.351. The number of nitrogens with zero attached hydrogens (tertiary/aromatic N) is 1. The summed E-state index contributed by atoms with van der Waals surface area (Å²) in [5.41, 5.74) is 1.33. The maximum Gasteiger partial charge on any atom is 0.261 e. The number of carbonyl (C=O) groups excluding carboxylic acids is 2. The number of benzene rings is 2. The molecule has 0 saturated heterocycles. The molecule has 0 saturated carbocycles. The Hall–Kier alpha value is -2.89. The van der Waals surface area contributed by atoms with Gasteiger partial charge >= 0.3 is 0 Å². The minimum atomic E-state index is -0.715. The quantitative estimate of drug-likeness (QED) is 0.768. The molecule has 29 heavy (non-hydrogen) atoms. The highest BCUT2D eigenvalue weighted by Gasteiger charge is 2.28. The van der Waals surface area contributed by atoms with E-state index < -0.39 is 11.6 Å². The fourth-order valence-electron chi connectivity index (χ4n) is 2.78. The van der Waals surface area contributed by atoms with E-state index in [0.29, 0.717) is 5.75 Å². The van der Waals surface area contributed by atoms with Gasteiger partial charge in [-0.1, -0.05) is 24.3 Å². The zero-order chi connectivity index (χ0) is 21.6. The van der Waals surface area contributed by atoms with Crippen LogP contribution in [-0.2, 0) is 16.1 Å². The van der Waals surface area contributed by atoms with E-state index in [1.165, 1.54) is 17.0 Å². The van der Waals surface area contributed by atoms with Crippen LogP contribution in [0.4, 0.5) is 4.39 Å². The van der Waals surface area contributed by atoms with Crippen molar-refractivity contribution < 1.29 is 18.7 Å². The molecule has 2 rings (SSSR count). The lowest BCUT2D eigenvalue weighted by molar-refractivity contribution is -0.142. The highest BCUT2D eigenvalue weighted by atomic mass is 19.1. The Bertz CT molecular complexity index is 844. The maximum atomic E-state index is 13.2. The van der Waals surface area contributed by atoms with Crippen LogP contribution in [0.25, 0.3) is 0 Å². The number of amides is 2. The number of hydrogen-bond acceptors (Lipinski definition) is 3. The van der Waals surface area contributed by atoms with E-state index in [4.69, 9.17) is 4.74 Å². The predicted molar refractivity (Wildman–Crippen MR) is 111 cm³/mol. The average molecular weight is 400 g/mol. The number of rotatable bonds is 7. The summed E-state index contributed by atoms with van der Waals surface area (Å²) in [6.45, 7) is 9.23. The third kappa shape index (κ3) is 7.22. The highest BCUT2D eigenvalue weighted by molar-refractivity contribution is 5.88. The van der Waals surface area contributed by atoms with Crippen LogP contribution >= 0.6 is 0 Å². The molecule has 0 heterocycles. The second-order valence-electron chi connectivity index (χ2n) is 8.17. The molecule has 0 radical (unpaired) electrons. The number of halogens is 1. The minimum Gasteiger partial charge on any atom is -0.484 e. The number of aryl methyl sites for hydroxylation is 1. The van der Waals surface area contributed by atoms with Crippen LogP contribution in [0.15, 0.2) is 48.5 Å². The van der Waals surface area contributed by atoms with Crippen molar-refractivity contribution in [3.8, 4) is 5.75 Å². The van der Waals surface area contributed by atoms with Gasteiger partial charge < -0.3 is 15.0 Å². The van der Waals surface area contributed by atoms with E-state index in [1.807, 2.05) is 45.9 Å². The average Bonchev–Trinajstić information content (AvgIpc) is 2.64. The highest BCUT2D eigenvalue weighted by Crippen LogP contribution is 2.15. The maximum absolute atomic E-state index is 13.2. The summed E-state index contributed by atoms with van der Waals surface area (Å²) < 4.78 is 18.9. The van der Waals surface area contributed by atoms with Crippen LogP contribution in [0.5, 0.6) is 5.75 Å². The molecular formula is C23H29FN2O3.